The van der Waals surface area contributed by atoms with E-state index in [9.17, 15) is 18.8 Å². The first kappa shape index (κ1) is 27.6. The number of rotatable bonds is 9. The van der Waals surface area contributed by atoms with Crippen molar-refractivity contribution >= 4 is 58.5 Å². The molecule has 0 radical (unpaired) electrons. The maximum absolute atomic E-state index is 14.3. The molecule has 196 valence electrons. The third-order valence-corrected chi connectivity index (χ3v) is 6.71. The molecular formula is C30H23ClFN3O3S. The van der Waals surface area contributed by atoms with Crippen LogP contribution < -0.4 is 16.0 Å². The van der Waals surface area contributed by atoms with Gasteiger partial charge < -0.3 is 16.0 Å². The van der Waals surface area contributed by atoms with Crippen LogP contribution in [0.5, 0.6) is 0 Å². The summed E-state index contributed by atoms with van der Waals surface area (Å²) in [5, 5.41) is 8.53. The fourth-order valence-corrected chi connectivity index (χ4v) is 4.30. The third kappa shape index (κ3) is 8.04. The molecule has 0 aliphatic heterocycles. The van der Waals surface area contributed by atoms with Gasteiger partial charge in [0.25, 0.3) is 11.8 Å². The second-order valence-corrected chi connectivity index (χ2v) is 9.65. The van der Waals surface area contributed by atoms with E-state index in [0.29, 0.717) is 22.0 Å². The summed E-state index contributed by atoms with van der Waals surface area (Å²) >= 11 is 7.40. The van der Waals surface area contributed by atoms with Crippen LogP contribution in [0.3, 0.4) is 0 Å². The Morgan fingerprint density at radius 3 is 2.18 bits per heavy atom. The van der Waals surface area contributed by atoms with Gasteiger partial charge in [-0.1, -0.05) is 60.1 Å². The second kappa shape index (κ2) is 13.4. The van der Waals surface area contributed by atoms with Crippen molar-refractivity contribution in [2.24, 2.45) is 0 Å². The number of hydrogen-bond donors (Lipinski definition) is 3. The maximum Gasteiger partial charge on any atom is 0.272 e. The van der Waals surface area contributed by atoms with E-state index in [-0.39, 0.29) is 22.9 Å². The summed E-state index contributed by atoms with van der Waals surface area (Å²) in [5.41, 5.74) is 1.38. The molecule has 4 rings (SSSR count). The smallest absolute Gasteiger partial charge is 0.272 e. The highest BCUT2D eigenvalue weighted by atomic mass is 35.5. The Morgan fingerprint density at radius 2 is 1.46 bits per heavy atom. The fourth-order valence-electron chi connectivity index (χ4n) is 3.42. The monoisotopic (exact) mass is 559 g/mol. The first-order valence-electron chi connectivity index (χ1n) is 11.8. The number of carbonyl (C=O) groups is 3. The minimum atomic E-state index is -0.623. The molecule has 0 aliphatic rings. The molecule has 0 bridgehead atoms. The lowest BCUT2D eigenvalue weighted by molar-refractivity contribution is -0.114. The van der Waals surface area contributed by atoms with Crippen LogP contribution in [0.25, 0.3) is 6.08 Å². The molecule has 3 N–H and O–H groups in total. The van der Waals surface area contributed by atoms with Crippen LogP contribution in [0.2, 0.25) is 5.02 Å². The zero-order valence-electron chi connectivity index (χ0n) is 20.5. The van der Waals surface area contributed by atoms with Crippen LogP contribution in [-0.4, -0.2) is 23.5 Å². The van der Waals surface area contributed by atoms with E-state index in [2.05, 4.69) is 16.0 Å². The van der Waals surface area contributed by atoms with Gasteiger partial charge in [-0.3, -0.25) is 14.4 Å². The van der Waals surface area contributed by atoms with Gasteiger partial charge >= 0.3 is 0 Å². The average Bonchev–Trinajstić information content (AvgIpc) is 2.95. The zero-order chi connectivity index (χ0) is 27.6. The average molecular weight is 560 g/mol. The molecular weight excluding hydrogens is 537 g/mol. The Balaban J connectivity index is 1.41. The molecule has 3 amide bonds. The van der Waals surface area contributed by atoms with E-state index in [0.717, 1.165) is 4.90 Å². The van der Waals surface area contributed by atoms with E-state index in [1.807, 2.05) is 0 Å². The standard InChI is InChI=1S/C30H23ClFN3O3S/c31-24-11-5-7-13-26(24)34-28(36)19-39-23-16-14-22(15-17-23)33-30(38)27(18-21-10-4-6-12-25(21)32)35-29(37)20-8-2-1-3-9-20/h1-18H,19H2,(H,33,38)(H,34,36)(H,35,37)/b27-18-. The van der Waals surface area contributed by atoms with Crippen LogP contribution in [0.1, 0.15) is 15.9 Å². The summed E-state index contributed by atoms with van der Waals surface area (Å²) in [6.45, 7) is 0. The van der Waals surface area contributed by atoms with Crippen LogP contribution >= 0.6 is 23.4 Å². The third-order valence-electron chi connectivity index (χ3n) is 5.36. The normalized spacial score (nSPS) is 11.0. The lowest BCUT2D eigenvalue weighted by atomic mass is 10.1. The Bertz CT molecular complexity index is 1510. The van der Waals surface area contributed by atoms with E-state index < -0.39 is 17.6 Å². The molecule has 39 heavy (non-hydrogen) atoms. The molecule has 4 aromatic rings. The predicted octanol–water partition coefficient (Wildman–Crippen LogP) is 6.62. The number of thioether (sulfide) groups is 1. The van der Waals surface area contributed by atoms with E-state index in [4.69, 9.17) is 11.6 Å². The number of halogens is 2. The molecule has 0 saturated heterocycles. The Hall–Kier alpha value is -4.40. The molecule has 0 fully saturated rings. The van der Waals surface area contributed by atoms with Crippen LogP contribution in [-0.2, 0) is 9.59 Å². The summed E-state index contributed by atoms with van der Waals surface area (Å²) in [4.78, 5) is 38.9. The Morgan fingerprint density at radius 1 is 0.795 bits per heavy atom. The lowest BCUT2D eigenvalue weighted by Gasteiger charge is -2.12. The fraction of sp³-hybridized carbons (Fsp3) is 0.0333. The van der Waals surface area contributed by atoms with Crippen LogP contribution in [0.15, 0.2) is 114 Å². The van der Waals surface area contributed by atoms with Crippen molar-refractivity contribution in [1.82, 2.24) is 5.32 Å². The van der Waals surface area contributed by atoms with Crippen LogP contribution in [0, 0.1) is 5.82 Å². The molecule has 6 nitrogen and oxygen atoms in total. The molecule has 0 heterocycles. The summed E-state index contributed by atoms with van der Waals surface area (Å²) in [5.74, 6) is -1.70. The summed E-state index contributed by atoms with van der Waals surface area (Å²) < 4.78 is 14.3. The number of nitrogens with one attached hydrogen (secondary N) is 3. The summed E-state index contributed by atoms with van der Waals surface area (Å²) in [7, 11) is 0. The molecule has 4 aromatic carbocycles. The maximum atomic E-state index is 14.3. The molecule has 0 spiro atoms. The van der Waals surface area contributed by atoms with Gasteiger partial charge in [0, 0.05) is 21.7 Å². The topological polar surface area (TPSA) is 87.3 Å². The molecule has 0 atom stereocenters. The van der Waals surface area contributed by atoms with Gasteiger partial charge in [0.1, 0.15) is 11.5 Å². The molecule has 9 heteroatoms. The number of carbonyl (C=O) groups excluding carboxylic acids is 3. The number of hydrogen-bond acceptors (Lipinski definition) is 4. The first-order valence-corrected chi connectivity index (χ1v) is 13.2. The quantitative estimate of drug-likeness (QED) is 0.159. The molecule has 0 aliphatic carbocycles. The van der Waals surface area contributed by atoms with Gasteiger partial charge in [-0.15, -0.1) is 11.8 Å². The zero-order valence-corrected chi connectivity index (χ0v) is 22.1. The van der Waals surface area contributed by atoms with Crippen molar-refractivity contribution in [2.75, 3.05) is 16.4 Å². The molecule has 0 unspecified atom stereocenters. The first-order chi connectivity index (χ1) is 18.9. The highest BCUT2D eigenvalue weighted by Gasteiger charge is 2.16. The van der Waals surface area contributed by atoms with Crippen LogP contribution in [0.4, 0.5) is 15.8 Å². The molecule has 0 aromatic heterocycles. The van der Waals surface area contributed by atoms with Gasteiger partial charge in [-0.2, -0.15) is 0 Å². The van der Waals surface area contributed by atoms with Gasteiger partial charge in [-0.25, -0.2) is 4.39 Å². The van der Waals surface area contributed by atoms with Gasteiger partial charge in [0.2, 0.25) is 5.91 Å². The van der Waals surface area contributed by atoms with Gasteiger partial charge in [0.05, 0.1) is 16.5 Å². The number of anilines is 2. The predicted molar refractivity (Wildman–Crippen MR) is 154 cm³/mol. The van der Waals surface area contributed by atoms with Gasteiger partial charge in [0.15, 0.2) is 0 Å². The Labute approximate surface area is 234 Å². The van der Waals surface area contributed by atoms with E-state index in [1.165, 1.54) is 36.0 Å². The minimum absolute atomic E-state index is 0.122. The largest absolute Gasteiger partial charge is 0.324 e. The highest BCUT2D eigenvalue weighted by Crippen LogP contribution is 2.23. The van der Waals surface area contributed by atoms with Crippen molar-refractivity contribution in [3.8, 4) is 0 Å². The van der Waals surface area contributed by atoms with Crippen molar-refractivity contribution in [3.63, 3.8) is 0 Å². The van der Waals surface area contributed by atoms with Crippen molar-refractivity contribution < 1.29 is 18.8 Å². The highest BCUT2D eigenvalue weighted by molar-refractivity contribution is 8.00. The van der Waals surface area contributed by atoms with Gasteiger partial charge in [-0.05, 0) is 60.7 Å². The molecule has 0 saturated carbocycles. The summed E-state index contributed by atoms with van der Waals surface area (Å²) in [6, 6.07) is 28.2. The summed E-state index contributed by atoms with van der Waals surface area (Å²) in [6.07, 6.45) is 1.29. The van der Waals surface area contributed by atoms with Crippen molar-refractivity contribution in [2.45, 2.75) is 4.90 Å². The number of amides is 3. The minimum Gasteiger partial charge on any atom is -0.324 e. The van der Waals surface area contributed by atoms with Crippen molar-refractivity contribution in [3.05, 3.63) is 131 Å². The SMILES string of the molecule is O=C(CSc1ccc(NC(=O)/C(=C/c2ccccc2F)NC(=O)c2ccccc2)cc1)Nc1ccccc1Cl. The Kier molecular flexibility index (Phi) is 9.50. The lowest BCUT2D eigenvalue weighted by Crippen LogP contribution is -2.30. The number of para-hydroxylation sites is 1. The van der Waals surface area contributed by atoms with E-state index >= 15 is 0 Å². The number of benzene rings is 4. The van der Waals surface area contributed by atoms with Crippen molar-refractivity contribution in [1.29, 1.82) is 0 Å². The second-order valence-electron chi connectivity index (χ2n) is 8.19. The van der Waals surface area contributed by atoms with E-state index in [1.54, 1.807) is 84.9 Å².